The van der Waals surface area contributed by atoms with Crippen molar-refractivity contribution in [1.29, 1.82) is 0 Å². The van der Waals surface area contributed by atoms with Crippen LogP contribution in [-0.4, -0.2) is 18.1 Å². The van der Waals surface area contributed by atoms with Gasteiger partial charge in [0.1, 0.15) is 0 Å². The van der Waals surface area contributed by atoms with Gasteiger partial charge in [0.2, 0.25) is 0 Å². The summed E-state index contributed by atoms with van der Waals surface area (Å²) in [5.74, 6) is -0.598. The Hall–Kier alpha value is -1.59. The number of halogens is 4. The van der Waals surface area contributed by atoms with E-state index in [1.54, 1.807) is 0 Å². The number of amides is 1. The third kappa shape index (κ3) is 4.21. The summed E-state index contributed by atoms with van der Waals surface area (Å²) in [7, 11) is 0. The second-order valence-corrected chi connectivity index (χ2v) is 5.73. The normalized spacial score (nSPS) is 18.0. The number of hydrogen-bond acceptors (Lipinski definition) is 1. The highest BCUT2D eigenvalue weighted by Crippen LogP contribution is 2.32. The van der Waals surface area contributed by atoms with Crippen LogP contribution in [0, 0.1) is 0 Å². The maximum atomic E-state index is 14.3. The molecule has 0 unspecified atom stereocenters. The molecule has 2 nitrogen and oxygen atoms in total. The van der Waals surface area contributed by atoms with Crippen LogP contribution >= 0.6 is 0 Å². The summed E-state index contributed by atoms with van der Waals surface area (Å²) in [4.78, 5) is 11.9. The smallest absolute Gasteiger partial charge is 0.353 e. The third-order valence-electron chi connectivity index (χ3n) is 4.03. The molecular weight excluding hydrogens is 298 g/mol. The van der Waals surface area contributed by atoms with Crippen LogP contribution in [0.25, 0.3) is 0 Å². The first-order valence-electron chi connectivity index (χ1n) is 7.45. The van der Waals surface area contributed by atoms with Gasteiger partial charge in [0, 0.05) is 6.54 Å². The fourth-order valence-corrected chi connectivity index (χ4v) is 2.68. The van der Waals surface area contributed by atoms with E-state index in [0.717, 1.165) is 18.6 Å². The molecule has 1 aliphatic carbocycles. The van der Waals surface area contributed by atoms with Gasteiger partial charge in [-0.3, -0.25) is 4.79 Å². The molecule has 122 valence electrons. The minimum absolute atomic E-state index is 0.218. The third-order valence-corrected chi connectivity index (χ3v) is 4.03. The molecule has 0 bridgehead atoms. The van der Waals surface area contributed by atoms with E-state index in [1.807, 2.05) is 0 Å². The molecule has 0 atom stereocenters. The molecule has 1 saturated carbocycles. The Bertz CT molecular complexity index is 504. The van der Waals surface area contributed by atoms with Gasteiger partial charge in [-0.1, -0.05) is 18.6 Å². The standard InChI is InChI=1S/C16H19F4NO/c17-15(9-2-1-3-10-15)14(22)21-11-8-12-4-6-13(7-5-12)16(18,19)20/h4-7H,1-3,8-11H2,(H,21,22). The summed E-state index contributed by atoms with van der Waals surface area (Å²) in [6.45, 7) is 0.218. The quantitative estimate of drug-likeness (QED) is 0.835. The number of benzene rings is 1. The van der Waals surface area contributed by atoms with Gasteiger partial charge in [-0.15, -0.1) is 0 Å². The van der Waals surface area contributed by atoms with Crippen molar-refractivity contribution in [3.8, 4) is 0 Å². The topological polar surface area (TPSA) is 29.1 Å². The van der Waals surface area contributed by atoms with Crippen molar-refractivity contribution in [2.75, 3.05) is 6.54 Å². The number of alkyl halides is 4. The molecule has 0 saturated heterocycles. The molecule has 1 aromatic carbocycles. The number of rotatable bonds is 4. The highest BCUT2D eigenvalue weighted by Gasteiger charge is 2.39. The lowest BCUT2D eigenvalue weighted by molar-refractivity contribution is -0.137. The highest BCUT2D eigenvalue weighted by atomic mass is 19.4. The van der Waals surface area contributed by atoms with Crippen LogP contribution in [0.15, 0.2) is 24.3 Å². The lowest BCUT2D eigenvalue weighted by Gasteiger charge is -2.28. The number of carbonyl (C=O) groups is 1. The molecule has 0 aromatic heterocycles. The van der Waals surface area contributed by atoms with Gasteiger partial charge in [-0.2, -0.15) is 13.2 Å². The molecule has 0 aliphatic heterocycles. The lowest BCUT2D eigenvalue weighted by atomic mass is 9.86. The van der Waals surface area contributed by atoms with E-state index in [2.05, 4.69) is 5.32 Å². The van der Waals surface area contributed by atoms with Gasteiger partial charge in [-0.05, 0) is 49.8 Å². The molecule has 0 heterocycles. The summed E-state index contributed by atoms with van der Waals surface area (Å²) >= 11 is 0. The van der Waals surface area contributed by atoms with Crippen molar-refractivity contribution in [3.63, 3.8) is 0 Å². The zero-order chi connectivity index (χ0) is 16.2. The van der Waals surface area contributed by atoms with Crippen molar-refractivity contribution in [2.45, 2.75) is 50.4 Å². The molecule has 0 radical (unpaired) electrons. The van der Waals surface area contributed by atoms with E-state index < -0.39 is 23.3 Å². The average Bonchev–Trinajstić information content (AvgIpc) is 2.47. The van der Waals surface area contributed by atoms with Crippen molar-refractivity contribution in [1.82, 2.24) is 5.32 Å². The molecular formula is C16H19F4NO. The van der Waals surface area contributed by atoms with Crippen molar-refractivity contribution in [2.24, 2.45) is 0 Å². The molecule has 22 heavy (non-hydrogen) atoms. The van der Waals surface area contributed by atoms with E-state index in [0.29, 0.717) is 24.8 Å². The molecule has 1 aromatic rings. The highest BCUT2D eigenvalue weighted by molar-refractivity contribution is 5.85. The number of hydrogen-bond donors (Lipinski definition) is 1. The van der Waals surface area contributed by atoms with Crippen LogP contribution in [0.1, 0.15) is 43.2 Å². The van der Waals surface area contributed by atoms with E-state index in [-0.39, 0.29) is 19.4 Å². The summed E-state index contributed by atoms with van der Waals surface area (Å²) in [5.41, 5.74) is -1.81. The summed E-state index contributed by atoms with van der Waals surface area (Å²) < 4.78 is 51.6. The van der Waals surface area contributed by atoms with Gasteiger partial charge in [0.15, 0.2) is 5.67 Å². The van der Waals surface area contributed by atoms with Crippen molar-refractivity contribution >= 4 is 5.91 Å². The largest absolute Gasteiger partial charge is 0.416 e. The van der Waals surface area contributed by atoms with Crippen LogP contribution in [0.2, 0.25) is 0 Å². The predicted octanol–water partition coefficient (Wildman–Crippen LogP) is 4.04. The SMILES string of the molecule is O=C(NCCc1ccc(C(F)(F)F)cc1)C1(F)CCCCC1. The van der Waals surface area contributed by atoms with Crippen LogP contribution in [0.4, 0.5) is 17.6 Å². The zero-order valence-electron chi connectivity index (χ0n) is 12.2. The monoisotopic (exact) mass is 317 g/mol. The van der Waals surface area contributed by atoms with Crippen LogP contribution in [0.5, 0.6) is 0 Å². The average molecular weight is 317 g/mol. The van der Waals surface area contributed by atoms with Crippen molar-refractivity contribution in [3.05, 3.63) is 35.4 Å². The van der Waals surface area contributed by atoms with Crippen LogP contribution < -0.4 is 5.32 Å². The van der Waals surface area contributed by atoms with Gasteiger partial charge in [-0.25, -0.2) is 4.39 Å². The molecule has 1 fully saturated rings. The summed E-state index contributed by atoms with van der Waals surface area (Å²) in [5, 5.41) is 2.55. The van der Waals surface area contributed by atoms with E-state index in [1.165, 1.54) is 12.1 Å². The number of nitrogens with one attached hydrogen (secondary N) is 1. The minimum atomic E-state index is -4.35. The second-order valence-electron chi connectivity index (χ2n) is 5.73. The van der Waals surface area contributed by atoms with Crippen molar-refractivity contribution < 1.29 is 22.4 Å². The first kappa shape index (κ1) is 16.8. The van der Waals surface area contributed by atoms with Gasteiger partial charge in [0.25, 0.3) is 5.91 Å². The Kier molecular flexibility index (Phi) is 5.08. The Morgan fingerprint density at radius 3 is 2.23 bits per heavy atom. The molecule has 1 aliphatic rings. The van der Waals surface area contributed by atoms with Crippen LogP contribution in [0.3, 0.4) is 0 Å². The Morgan fingerprint density at radius 2 is 1.68 bits per heavy atom. The maximum absolute atomic E-state index is 14.3. The Labute approximate surface area is 126 Å². The zero-order valence-corrected chi connectivity index (χ0v) is 12.2. The van der Waals surface area contributed by atoms with E-state index >= 15 is 0 Å². The first-order valence-corrected chi connectivity index (χ1v) is 7.45. The molecule has 6 heteroatoms. The fourth-order valence-electron chi connectivity index (χ4n) is 2.68. The first-order chi connectivity index (χ1) is 10.3. The summed E-state index contributed by atoms with van der Waals surface area (Å²) in [6, 6.07) is 4.77. The summed E-state index contributed by atoms with van der Waals surface area (Å²) in [6.07, 6.45) is -1.11. The molecule has 1 N–H and O–H groups in total. The van der Waals surface area contributed by atoms with E-state index in [9.17, 15) is 22.4 Å². The van der Waals surface area contributed by atoms with E-state index in [4.69, 9.17) is 0 Å². The fraction of sp³-hybridized carbons (Fsp3) is 0.562. The Morgan fingerprint density at radius 1 is 1.09 bits per heavy atom. The number of carbonyl (C=O) groups excluding carboxylic acids is 1. The second kappa shape index (κ2) is 6.67. The lowest BCUT2D eigenvalue weighted by Crippen LogP contribution is -2.45. The van der Waals surface area contributed by atoms with Gasteiger partial charge >= 0.3 is 6.18 Å². The molecule has 0 spiro atoms. The minimum Gasteiger partial charge on any atom is -0.353 e. The van der Waals surface area contributed by atoms with Gasteiger partial charge in [0.05, 0.1) is 5.56 Å². The Balaban J connectivity index is 1.82. The van der Waals surface area contributed by atoms with Crippen LogP contribution in [-0.2, 0) is 17.4 Å². The predicted molar refractivity (Wildman–Crippen MR) is 75.1 cm³/mol. The van der Waals surface area contributed by atoms with Gasteiger partial charge < -0.3 is 5.32 Å². The molecule has 2 rings (SSSR count). The molecule has 1 amide bonds. The maximum Gasteiger partial charge on any atom is 0.416 e.